The van der Waals surface area contributed by atoms with Crippen molar-refractivity contribution < 1.29 is 14.6 Å². The van der Waals surface area contributed by atoms with Gasteiger partial charge in [-0.1, -0.05) is 54.6 Å². The van der Waals surface area contributed by atoms with Crippen molar-refractivity contribution in [2.24, 2.45) is 0 Å². The van der Waals surface area contributed by atoms with E-state index in [1.807, 2.05) is 54.6 Å². The standard InChI is InChI=1S/C22H18O3/c23-22(24)21-16(11-10-15-6-2-1-3-7-15)12-13-20-18(21)14-17-8-4-5-9-19(17)25-20/h1-9,12-13H,10-11,14H2,(H,23,24). The predicted octanol–water partition coefficient (Wildman–Crippen LogP) is 4.87. The number of carboxylic acid groups (broad SMARTS) is 1. The van der Waals surface area contributed by atoms with Crippen molar-refractivity contribution in [2.75, 3.05) is 0 Å². The monoisotopic (exact) mass is 330 g/mol. The lowest BCUT2D eigenvalue weighted by Gasteiger charge is -2.23. The number of aromatic carboxylic acids is 1. The van der Waals surface area contributed by atoms with Gasteiger partial charge in [0.25, 0.3) is 0 Å². The van der Waals surface area contributed by atoms with E-state index in [2.05, 4.69) is 12.1 Å². The molecule has 3 aromatic rings. The summed E-state index contributed by atoms with van der Waals surface area (Å²) < 4.78 is 5.92. The fourth-order valence-electron chi connectivity index (χ4n) is 3.41. The number of benzene rings is 3. The van der Waals surface area contributed by atoms with E-state index in [1.165, 1.54) is 5.56 Å². The van der Waals surface area contributed by atoms with Gasteiger partial charge in [-0.05, 0) is 41.7 Å². The molecule has 3 aromatic carbocycles. The molecule has 1 heterocycles. The molecule has 0 saturated heterocycles. The highest BCUT2D eigenvalue weighted by molar-refractivity contribution is 5.92. The van der Waals surface area contributed by atoms with Gasteiger partial charge in [0, 0.05) is 12.0 Å². The van der Waals surface area contributed by atoms with Crippen LogP contribution in [0.3, 0.4) is 0 Å². The number of carbonyl (C=O) groups is 1. The summed E-state index contributed by atoms with van der Waals surface area (Å²) in [5.74, 6) is 0.575. The third-order valence-electron chi connectivity index (χ3n) is 4.66. The molecule has 3 nitrogen and oxygen atoms in total. The largest absolute Gasteiger partial charge is 0.478 e. The van der Waals surface area contributed by atoms with Crippen LogP contribution >= 0.6 is 0 Å². The van der Waals surface area contributed by atoms with Crippen LogP contribution in [-0.2, 0) is 19.3 Å². The Bertz CT molecular complexity index is 929. The molecule has 1 aliphatic rings. The summed E-state index contributed by atoms with van der Waals surface area (Å²) in [5, 5.41) is 9.81. The normalized spacial score (nSPS) is 12.0. The maximum Gasteiger partial charge on any atom is 0.336 e. The summed E-state index contributed by atoms with van der Waals surface area (Å²) in [7, 11) is 0. The summed E-state index contributed by atoms with van der Waals surface area (Å²) >= 11 is 0. The van der Waals surface area contributed by atoms with Crippen molar-refractivity contribution in [1.82, 2.24) is 0 Å². The number of carboxylic acids is 1. The highest BCUT2D eigenvalue weighted by atomic mass is 16.5. The van der Waals surface area contributed by atoms with Crippen molar-refractivity contribution in [3.8, 4) is 11.5 Å². The Hall–Kier alpha value is -3.07. The van der Waals surface area contributed by atoms with Gasteiger partial charge in [0.05, 0.1) is 5.56 Å². The van der Waals surface area contributed by atoms with Crippen molar-refractivity contribution >= 4 is 5.97 Å². The first kappa shape index (κ1) is 15.5. The Morgan fingerprint density at radius 2 is 1.64 bits per heavy atom. The molecule has 0 bridgehead atoms. The van der Waals surface area contributed by atoms with E-state index in [-0.39, 0.29) is 0 Å². The molecule has 1 aliphatic heterocycles. The molecule has 0 atom stereocenters. The lowest BCUT2D eigenvalue weighted by atomic mass is 9.90. The second-order valence-corrected chi connectivity index (χ2v) is 6.25. The number of rotatable bonds is 4. The molecule has 25 heavy (non-hydrogen) atoms. The third kappa shape index (κ3) is 3.01. The molecule has 1 N–H and O–H groups in total. The van der Waals surface area contributed by atoms with Crippen molar-refractivity contribution in [3.05, 3.63) is 94.5 Å². The van der Waals surface area contributed by atoms with Crippen LogP contribution in [0.2, 0.25) is 0 Å². The van der Waals surface area contributed by atoms with Crippen LogP contribution in [0.25, 0.3) is 0 Å². The Morgan fingerprint density at radius 1 is 0.880 bits per heavy atom. The summed E-state index contributed by atoms with van der Waals surface area (Å²) in [6, 6.07) is 21.7. The maximum absolute atomic E-state index is 12.0. The molecule has 0 radical (unpaired) electrons. The van der Waals surface area contributed by atoms with E-state index >= 15 is 0 Å². The Balaban J connectivity index is 1.69. The summed E-state index contributed by atoms with van der Waals surface area (Å²) in [5.41, 5.74) is 4.26. The van der Waals surface area contributed by atoms with Crippen LogP contribution in [0.1, 0.15) is 32.6 Å². The van der Waals surface area contributed by atoms with Crippen LogP contribution in [0.15, 0.2) is 66.7 Å². The molecule has 0 aromatic heterocycles. The first-order valence-corrected chi connectivity index (χ1v) is 8.40. The van der Waals surface area contributed by atoms with Gasteiger partial charge >= 0.3 is 5.97 Å². The number of aryl methyl sites for hydroxylation is 2. The Labute approximate surface area is 146 Å². The summed E-state index contributed by atoms with van der Waals surface area (Å²) in [6.45, 7) is 0. The number of hydrogen-bond donors (Lipinski definition) is 1. The van der Waals surface area contributed by atoms with E-state index in [0.29, 0.717) is 24.2 Å². The van der Waals surface area contributed by atoms with Gasteiger partial charge in [0.2, 0.25) is 0 Å². The molecule has 3 heteroatoms. The van der Waals surface area contributed by atoms with E-state index in [0.717, 1.165) is 28.9 Å². The zero-order valence-electron chi connectivity index (χ0n) is 13.7. The number of para-hydroxylation sites is 1. The van der Waals surface area contributed by atoms with Crippen LogP contribution in [0.4, 0.5) is 0 Å². The summed E-state index contributed by atoms with van der Waals surface area (Å²) in [6.07, 6.45) is 2.10. The maximum atomic E-state index is 12.0. The van der Waals surface area contributed by atoms with E-state index in [1.54, 1.807) is 0 Å². The van der Waals surface area contributed by atoms with Gasteiger partial charge in [-0.3, -0.25) is 0 Å². The molecule has 4 rings (SSSR count). The predicted molar refractivity (Wildman–Crippen MR) is 96.6 cm³/mol. The molecule has 0 saturated carbocycles. The molecule has 0 fully saturated rings. The fraction of sp³-hybridized carbons (Fsp3) is 0.136. The van der Waals surface area contributed by atoms with E-state index in [9.17, 15) is 9.90 Å². The zero-order chi connectivity index (χ0) is 17.2. The highest BCUT2D eigenvalue weighted by Gasteiger charge is 2.24. The SMILES string of the molecule is O=C(O)c1c(CCc2ccccc2)ccc2c1Cc1ccccc1O2. The van der Waals surface area contributed by atoms with Crippen LogP contribution in [0.5, 0.6) is 11.5 Å². The molecule has 0 spiro atoms. The molecular weight excluding hydrogens is 312 g/mol. The second-order valence-electron chi connectivity index (χ2n) is 6.25. The minimum absolute atomic E-state index is 0.392. The average molecular weight is 330 g/mol. The zero-order valence-corrected chi connectivity index (χ0v) is 13.7. The lowest BCUT2D eigenvalue weighted by Crippen LogP contribution is -2.13. The molecular formula is C22H18O3. The van der Waals surface area contributed by atoms with Gasteiger partial charge in [-0.2, -0.15) is 0 Å². The Morgan fingerprint density at radius 3 is 2.44 bits per heavy atom. The van der Waals surface area contributed by atoms with Gasteiger partial charge in [-0.15, -0.1) is 0 Å². The van der Waals surface area contributed by atoms with E-state index in [4.69, 9.17) is 4.74 Å². The minimum Gasteiger partial charge on any atom is -0.478 e. The molecule has 0 amide bonds. The van der Waals surface area contributed by atoms with Crippen LogP contribution in [0, 0.1) is 0 Å². The summed E-state index contributed by atoms with van der Waals surface area (Å²) in [4.78, 5) is 12.0. The third-order valence-corrected chi connectivity index (χ3v) is 4.66. The number of ether oxygens (including phenoxy) is 1. The van der Waals surface area contributed by atoms with Crippen molar-refractivity contribution in [3.63, 3.8) is 0 Å². The fourth-order valence-corrected chi connectivity index (χ4v) is 3.41. The van der Waals surface area contributed by atoms with Gasteiger partial charge in [0.1, 0.15) is 11.5 Å². The number of fused-ring (bicyclic) bond motifs is 2. The lowest BCUT2D eigenvalue weighted by molar-refractivity contribution is 0.0694. The minimum atomic E-state index is -0.886. The van der Waals surface area contributed by atoms with Gasteiger partial charge in [-0.25, -0.2) is 4.79 Å². The second kappa shape index (κ2) is 6.44. The van der Waals surface area contributed by atoms with E-state index < -0.39 is 5.97 Å². The quantitative estimate of drug-likeness (QED) is 0.581. The Kier molecular flexibility index (Phi) is 3.98. The smallest absolute Gasteiger partial charge is 0.336 e. The molecule has 124 valence electrons. The van der Waals surface area contributed by atoms with Crippen LogP contribution < -0.4 is 4.74 Å². The number of hydrogen-bond acceptors (Lipinski definition) is 2. The molecule has 0 unspecified atom stereocenters. The average Bonchev–Trinajstić information content (AvgIpc) is 2.64. The topological polar surface area (TPSA) is 46.5 Å². The first-order chi connectivity index (χ1) is 12.2. The van der Waals surface area contributed by atoms with Crippen molar-refractivity contribution in [2.45, 2.75) is 19.3 Å². The van der Waals surface area contributed by atoms with Gasteiger partial charge in [0.15, 0.2) is 0 Å². The van der Waals surface area contributed by atoms with Crippen molar-refractivity contribution in [1.29, 1.82) is 0 Å². The highest BCUT2D eigenvalue weighted by Crippen LogP contribution is 2.39. The van der Waals surface area contributed by atoms with Gasteiger partial charge < -0.3 is 9.84 Å². The molecule has 0 aliphatic carbocycles. The first-order valence-electron chi connectivity index (χ1n) is 8.40. The van der Waals surface area contributed by atoms with Crippen LogP contribution in [-0.4, -0.2) is 11.1 Å².